The number of esters is 1. The van der Waals surface area contributed by atoms with Crippen molar-refractivity contribution in [1.29, 1.82) is 0 Å². The molecule has 4 rings (SSSR count). The maximum Gasteiger partial charge on any atom is 0.327 e. The highest BCUT2D eigenvalue weighted by Crippen LogP contribution is 2.50. The van der Waals surface area contributed by atoms with Crippen molar-refractivity contribution in [2.45, 2.75) is 67.8 Å². The van der Waals surface area contributed by atoms with Gasteiger partial charge in [-0.1, -0.05) is 5.16 Å². The van der Waals surface area contributed by atoms with Crippen LogP contribution < -0.4 is 11.1 Å². The van der Waals surface area contributed by atoms with Gasteiger partial charge in [-0.05, 0) is 39.5 Å². The van der Waals surface area contributed by atoms with E-state index in [1.165, 1.54) is 23.8 Å². The average molecular weight is 526 g/mol. The molecule has 2 saturated heterocycles. The van der Waals surface area contributed by atoms with Crippen LogP contribution in [0.1, 0.15) is 45.2 Å². The number of nitrogen functional groups attached to an aromatic ring is 1. The van der Waals surface area contributed by atoms with Crippen molar-refractivity contribution < 1.29 is 33.9 Å². The van der Waals surface area contributed by atoms with E-state index in [-0.39, 0.29) is 34.5 Å². The molecule has 1 aromatic heterocycles. The number of carboxylic acids is 1. The number of rotatable bonds is 7. The zero-order valence-electron chi connectivity index (χ0n) is 19.4. The fourth-order valence-corrected chi connectivity index (χ4v) is 6.83. The molecule has 3 aliphatic rings. The normalized spacial score (nSPS) is 29.7. The van der Waals surface area contributed by atoms with E-state index in [1.54, 1.807) is 19.2 Å². The molecule has 1 saturated carbocycles. The second-order valence-corrected chi connectivity index (χ2v) is 11.8. The van der Waals surface area contributed by atoms with Gasteiger partial charge in [-0.3, -0.25) is 14.4 Å². The van der Waals surface area contributed by atoms with Crippen molar-refractivity contribution >= 4 is 57.7 Å². The van der Waals surface area contributed by atoms with E-state index < -0.39 is 40.0 Å². The van der Waals surface area contributed by atoms with E-state index >= 15 is 0 Å². The summed E-state index contributed by atoms with van der Waals surface area (Å²) in [6, 6.07) is -1.87. The second-order valence-electron chi connectivity index (χ2n) is 9.16. The molecule has 3 fully saturated rings. The van der Waals surface area contributed by atoms with Gasteiger partial charge in [-0.2, -0.15) is 0 Å². The van der Waals surface area contributed by atoms with E-state index in [0.717, 1.165) is 11.3 Å². The molecule has 2 amide bonds. The number of thioether (sulfide) groups is 1. The van der Waals surface area contributed by atoms with Crippen LogP contribution in [0, 0.1) is 5.92 Å². The third-order valence-electron chi connectivity index (χ3n) is 6.44. The van der Waals surface area contributed by atoms with Crippen molar-refractivity contribution in [3.8, 4) is 0 Å². The van der Waals surface area contributed by atoms with Gasteiger partial charge in [0.15, 0.2) is 10.8 Å². The number of fused-ring (bicyclic) bond motifs is 1. The Labute approximate surface area is 209 Å². The molecule has 2 aliphatic heterocycles. The Morgan fingerprint density at radius 1 is 1.29 bits per heavy atom. The molecule has 14 heteroatoms. The highest BCUT2D eigenvalue weighted by Gasteiger charge is 2.64. The van der Waals surface area contributed by atoms with Crippen LogP contribution in [-0.4, -0.2) is 79.9 Å². The van der Waals surface area contributed by atoms with E-state index in [4.69, 9.17) is 15.3 Å². The van der Waals surface area contributed by atoms with Gasteiger partial charge in [0, 0.05) is 10.1 Å². The summed E-state index contributed by atoms with van der Waals surface area (Å²) < 4.78 is 4.08. The number of thiazole rings is 1. The Morgan fingerprint density at radius 2 is 1.97 bits per heavy atom. The number of aromatic nitrogens is 1. The molecule has 3 atom stereocenters. The summed E-state index contributed by atoms with van der Waals surface area (Å²) in [6.45, 7) is 3.52. The Balaban J connectivity index is 1.46. The number of carbonyl (C=O) groups excluding carboxylic acids is 3. The van der Waals surface area contributed by atoms with Gasteiger partial charge in [-0.15, -0.1) is 23.1 Å². The predicted molar refractivity (Wildman–Crippen MR) is 128 cm³/mol. The molecule has 35 heavy (non-hydrogen) atoms. The van der Waals surface area contributed by atoms with Crippen molar-refractivity contribution in [2.24, 2.45) is 11.1 Å². The Bertz CT molecular complexity index is 1070. The van der Waals surface area contributed by atoms with Crippen LogP contribution in [0.4, 0.5) is 5.13 Å². The third kappa shape index (κ3) is 4.81. The number of carboxylic acid groups (broad SMARTS) is 1. The number of hydrogen-bond donors (Lipinski definition) is 3. The second kappa shape index (κ2) is 9.64. The molecule has 1 aromatic rings. The first kappa shape index (κ1) is 25.2. The van der Waals surface area contributed by atoms with E-state index in [2.05, 4.69) is 15.5 Å². The number of hydrogen-bond acceptors (Lipinski definition) is 11. The molecule has 0 unspecified atom stereocenters. The zero-order chi connectivity index (χ0) is 25.5. The van der Waals surface area contributed by atoms with Crippen molar-refractivity contribution in [1.82, 2.24) is 15.2 Å². The number of β-lactam (4-membered cyclic amide) rings is 1. The van der Waals surface area contributed by atoms with Gasteiger partial charge in [0.05, 0.1) is 13.0 Å². The monoisotopic (exact) mass is 525 g/mol. The molecule has 190 valence electrons. The zero-order valence-corrected chi connectivity index (χ0v) is 21.1. The minimum atomic E-state index is -1.08. The summed E-state index contributed by atoms with van der Waals surface area (Å²) in [7, 11) is 1.36. The molecular weight excluding hydrogens is 498 g/mol. The number of anilines is 1. The number of ether oxygens (including phenoxy) is 1. The van der Waals surface area contributed by atoms with Crippen LogP contribution in [0.3, 0.4) is 0 Å². The first-order valence-electron chi connectivity index (χ1n) is 11.1. The first-order chi connectivity index (χ1) is 16.5. The predicted octanol–water partition coefficient (Wildman–Crippen LogP) is 0.810. The minimum Gasteiger partial charge on any atom is -0.480 e. The molecule has 0 bridgehead atoms. The molecule has 4 N–H and O–H groups in total. The lowest BCUT2D eigenvalue weighted by atomic mass is 9.87. The fraction of sp³-hybridized carbons (Fsp3) is 0.619. The molecule has 0 aromatic carbocycles. The fourth-order valence-electron chi connectivity index (χ4n) is 4.65. The van der Waals surface area contributed by atoms with E-state index in [0.29, 0.717) is 25.7 Å². The van der Waals surface area contributed by atoms with Gasteiger partial charge >= 0.3 is 11.9 Å². The van der Waals surface area contributed by atoms with Crippen molar-refractivity contribution in [3.63, 3.8) is 0 Å². The Kier molecular flexibility index (Phi) is 6.95. The Hall–Kier alpha value is -2.87. The highest BCUT2D eigenvalue weighted by molar-refractivity contribution is 8.01. The van der Waals surface area contributed by atoms with Crippen LogP contribution in [0.5, 0.6) is 0 Å². The average Bonchev–Trinajstić information content (AvgIpc) is 3.35. The number of nitrogens with two attached hydrogens (primary N) is 1. The van der Waals surface area contributed by atoms with Gasteiger partial charge in [-0.25, -0.2) is 9.78 Å². The number of amides is 2. The summed E-state index contributed by atoms with van der Waals surface area (Å²) in [6.07, 6.45) is 2.02. The van der Waals surface area contributed by atoms with Crippen molar-refractivity contribution in [2.75, 3.05) is 12.8 Å². The van der Waals surface area contributed by atoms with Gasteiger partial charge in [0.25, 0.3) is 5.91 Å². The third-order valence-corrected chi connectivity index (χ3v) is 8.69. The van der Waals surface area contributed by atoms with Gasteiger partial charge in [0.2, 0.25) is 5.91 Å². The lowest BCUT2D eigenvalue weighted by molar-refractivity contribution is -0.160. The standard InChI is InChI=1S/C21H27N5O7S2/c1-21(2)14(18(29)30)26-16(28)13(17(26)35-21)24-15(27)12(11-8-34-20(22)23-11)25-33-10-6-4-9(5-7-10)19(31)32-3/h8-10,13-14,17H,4-7H2,1-3H3,(H2,22,23)(H,24,27)(H,29,30)/b25-12-/t9?,10?,13-,14-,17+/m0/s1. The molecule has 1 aliphatic carbocycles. The minimum absolute atomic E-state index is 0.128. The van der Waals surface area contributed by atoms with Crippen molar-refractivity contribution in [3.05, 3.63) is 11.1 Å². The molecule has 0 radical (unpaired) electrons. The van der Waals surface area contributed by atoms with E-state index in [1.807, 2.05) is 0 Å². The maximum absolute atomic E-state index is 13.2. The number of oxime groups is 1. The summed E-state index contributed by atoms with van der Waals surface area (Å²) in [5.41, 5.74) is 5.81. The first-order valence-corrected chi connectivity index (χ1v) is 12.9. The number of aliphatic carboxylic acids is 1. The van der Waals surface area contributed by atoms with Gasteiger partial charge in [0.1, 0.15) is 29.3 Å². The number of nitrogens with one attached hydrogen (secondary N) is 1. The summed E-state index contributed by atoms with van der Waals surface area (Å²) in [4.78, 5) is 60.4. The Morgan fingerprint density at radius 3 is 2.54 bits per heavy atom. The number of carbonyl (C=O) groups is 4. The number of methoxy groups -OCH3 is 1. The van der Waals surface area contributed by atoms with Crippen LogP contribution in [0.15, 0.2) is 10.5 Å². The molecule has 12 nitrogen and oxygen atoms in total. The van der Waals surface area contributed by atoms with E-state index in [9.17, 15) is 24.3 Å². The quantitative estimate of drug-likeness (QED) is 0.200. The molecular formula is C21H27N5O7S2. The smallest absolute Gasteiger partial charge is 0.327 e. The molecule has 0 spiro atoms. The van der Waals surface area contributed by atoms with Crippen LogP contribution in [-0.2, 0) is 28.8 Å². The lowest BCUT2D eigenvalue weighted by Gasteiger charge is -2.43. The highest BCUT2D eigenvalue weighted by atomic mass is 32.2. The van der Waals surface area contributed by atoms with Gasteiger partial charge < -0.3 is 30.6 Å². The summed E-state index contributed by atoms with van der Waals surface area (Å²) in [5, 5.41) is 17.6. The molecule has 3 heterocycles. The topological polar surface area (TPSA) is 174 Å². The maximum atomic E-state index is 13.2. The largest absolute Gasteiger partial charge is 0.480 e. The summed E-state index contributed by atoms with van der Waals surface area (Å²) in [5.74, 6) is -2.65. The summed E-state index contributed by atoms with van der Waals surface area (Å²) >= 11 is 2.46. The lowest BCUT2D eigenvalue weighted by Crippen LogP contribution is -2.71. The van der Waals surface area contributed by atoms with Crippen LogP contribution >= 0.6 is 23.1 Å². The van der Waals surface area contributed by atoms with Crippen LogP contribution in [0.2, 0.25) is 0 Å². The SMILES string of the molecule is COC(=O)C1CCC(O/N=C(\C(=O)N[C@H]2C(=O)N3[C@@H]2SC(C)(C)[C@@H]3C(=O)O)c2csc(N)n2)CC1. The number of nitrogens with zero attached hydrogens (tertiary/aromatic N) is 3. The van der Waals surface area contributed by atoms with Crippen LogP contribution in [0.25, 0.3) is 0 Å².